The normalized spacial score (nSPS) is 22.4. The average molecular weight is 432 g/mol. The fourth-order valence-corrected chi connectivity index (χ4v) is 5.49. The number of esters is 1. The van der Waals surface area contributed by atoms with Crippen LogP contribution in [0.4, 0.5) is 0 Å². The molecule has 3 atom stereocenters. The quantitative estimate of drug-likeness (QED) is 0.618. The molecule has 0 aromatic heterocycles. The maximum Gasteiger partial charge on any atom is 0.307 e. The molecule has 1 aliphatic heterocycles. The van der Waals surface area contributed by atoms with Gasteiger partial charge >= 0.3 is 5.97 Å². The van der Waals surface area contributed by atoms with Crippen molar-refractivity contribution in [1.29, 1.82) is 0 Å². The lowest BCUT2D eigenvalue weighted by Crippen LogP contribution is -2.43. The summed E-state index contributed by atoms with van der Waals surface area (Å²) in [4.78, 5) is 12.5. The molecule has 30 heavy (non-hydrogen) atoms. The molecule has 1 saturated heterocycles. The van der Waals surface area contributed by atoms with Crippen molar-refractivity contribution in [3.8, 4) is 0 Å². The molecule has 3 rings (SSSR count). The molecule has 0 bridgehead atoms. The summed E-state index contributed by atoms with van der Waals surface area (Å²) in [5.41, 5.74) is 1.69. The summed E-state index contributed by atoms with van der Waals surface area (Å²) in [6.07, 6.45) is -1.32. The number of carbonyl (C=O) groups excluding carboxylic acids is 1. The summed E-state index contributed by atoms with van der Waals surface area (Å²) in [5.74, 6) is -0.427. The Bertz CT molecular complexity index is 957. The van der Waals surface area contributed by atoms with Gasteiger partial charge in [0.15, 0.2) is 6.23 Å². The minimum atomic E-state index is -3.93. The van der Waals surface area contributed by atoms with E-state index >= 15 is 0 Å². The smallest absolute Gasteiger partial charge is 0.307 e. The van der Waals surface area contributed by atoms with Crippen LogP contribution in [0, 0.1) is 12.8 Å². The van der Waals surface area contributed by atoms with Crippen LogP contribution in [-0.4, -0.2) is 37.4 Å². The van der Waals surface area contributed by atoms with Crippen LogP contribution in [0.15, 0.2) is 59.5 Å². The zero-order valence-electron chi connectivity index (χ0n) is 17.8. The first-order valence-electron chi connectivity index (χ1n) is 10.2. The van der Waals surface area contributed by atoms with E-state index in [-0.39, 0.29) is 23.8 Å². The summed E-state index contributed by atoms with van der Waals surface area (Å²) in [6.45, 7) is 7.81. The minimum absolute atomic E-state index is 0.00820. The third kappa shape index (κ3) is 4.58. The van der Waals surface area contributed by atoms with E-state index in [4.69, 9.17) is 9.47 Å². The highest BCUT2D eigenvalue weighted by atomic mass is 32.2. The molecule has 0 unspecified atom stereocenters. The fourth-order valence-electron chi connectivity index (χ4n) is 3.80. The summed E-state index contributed by atoms with van der Waals surface area (Å²) < 4.78 is 40.3. The van der Waals surface area contributed by atoms with Crippen molar-refractivity contribution in [2.45, 2.75) is 57.4 Å². The molecular formula is C23H29NO5S. The van der Waals surface area contributed by atoms with E-state index < -0.39 is 34.4 Å². The van der Waals surface area contributed by atoms with Gasteiger partial charge in [-0.15, -0.1) is 0 Å². The van der Waals surface area contributed by atoms with E-state index in [1.165, 1.54) is 4.31 Å². The molecule has 1 heterocycles. The number of hydrogen-bond acceptors (Lipinski definition) is 5. The largest absolute Gasteiger partial charge is 0.466 e. The van der Waals surface area contributed by atoms with Crippen LogP contribution < -0.4 is 0 Å². The molecule has 0 radical (unpaired) electrons. The average Bonchev–Trinajstić information content (AvgIpc) is 3.09. The van der Waals surface area contributed by atoms with Crippen molar-refractivity contribution in [1.82, 2.24) is 4.31 Å². The van der Waals surface area contributed by atoms with E-state index in [0.717, 1.165) is 11.1 Å². The highest BCUT2D eigenvalue weighted by Gasteiger charge is 2.51. The van der Waals surface area contributed by atoms with Gasteiger partial charge < -0.3 is 9.47 Å². The molecule has 7 heteroatoms. The molecule has 1 aliphatic rings. The van der Waals surface area contributed by atoms with E-state index in [1.807, 2.05) is 51.1 Å². The zero-order valence-corrected chi connectivity index (χ0v) is 18.6. The third-order valence-electron chi connectivity index (χ3n) is 5.24. The first-order valence-corrected chi connectivity index (χ1v) is 11.7. The molecule has 0 aliphatic carbocycles. The van der Waals surface area contributed by atoms with Crippen molar-refractivity contribution in [2.24, 2.45) is 5.92 Å². The Morgan fingerprint density at radius 2 is 1.73 bits per heavy atom. The zero-order chi connectivity index (χ0) is 21.9. The van der Waals surface area contributed by atoms with Gasteiger partial charge in [-0.2, -0.15) is 4.31 Å². The summed E-state index contributed by atoms with van der Waals surface area (Å²) in [5, 5.41) is 0. The van der Waals surface area contributed by atoms with Crippen molar-refractivity contribution in [3.05, 3.63) is 65.7 Å². The van der Waals surface area contributed by atoms with Gasteiger partial charge in [0, 0.05) is 0 Å². The fraction of sp³-hybridized carbons (Fsp3) is 0.435. The van der Waals surface area contributed by atoms with Crippen LogP contribution in [0.3, 0.4) is 0 Å². The first kappa shape index (κ1) is 22.5. The van der Waals surface area contributed by atoms with E-state index in [0.29, 0.717) is 0 Å². The number of nitrogens with zero attached hydrogens (tertiary/aromatic N) is 1. The highest BCUT2D eigenvalue weighted by Crippen LogP contribution is 2.42. The lowest BCUT2D eigenvalue weighted by atomic mass is 9.98. The summed E-state index contributed by atoms with van der Waals surface area (Å²) in [6, 6.07) is 15.3. The topological polar surface area (TPSA) is 72.9 Å². The molecule has 1 fully saturated rings. The number of ether oxygens (including phenoxy) is 2. The van der Waals surface area contributed by atoms with Gasteiger partial charge in [0.1, 0.15) is 0 Å². The molecule has 2 aromatic rings. The third-order valence-corrected chi connectivity index (χ3v) is 7.13. The minimum Gasteiger partial charge on any atom is -0.466 e. The predicted molar refractivity (Wildman–Crippen MR) is 114 cm³/mol. The van der Waals surface area contributed by atoms with Crippen LogP contribution in [0.2, 0.25) is 0 Å². The Morgan fingerprint density at radius 1 is 1.10 bits per heavy atom. The second-order valence-corrected chi connectivity index (χ2v) is 9.68. The Labute approximate surface area is 178 Å². The van der Waals surface area contributed by atoms with Crippen LogP contribution in [0.1, 0.15) is 44.5 Å². The van der Waals surface area contributed by atoms with Gasteiger partial charge in [0.25, 0.3) is 0 Å². The first-order chi connectivity index (χ1) is 14.3. The van der Waals surface area contributed by atoms with Gasteiger partial charge in [0.2, 0.25) is 10.0 Å². The number of sulfonamides is 1. The standard InChI is InChI=1S/C23H29NO5S/c1-5-28-21(25)15-20-22(16(2)3)29-23(18-9-7-6-8-10-18)24(20)30(26,27)19-13-11-17(4)12-14-19/h6-14,16,20,22-23H,5,15H2,1-4H3/t20-,22-,23-/m1/s1. The summed E-state index contributed by atoms with van der Waals surface area (Å²) in [7, 11) is -3.93. The van der Waals surface area contributed by atoms with Gasteiger partial charge in [-0.3, -0.25) is 4.79 Å². The molecule has 0 saturated carbocycles. The van der Waals surface area contributed by atoms with Gasteiger partial charge in [0.05, 0.1) is 30.1 Å². The Morgan fingerprint density at radius 3 is 2.30 bits per heavy atom. The molecular weight excluding hydrogens is 402 g/mol. The van der Waals surface area contributed by atoms with Crippen LogP contribution in [-0.2, 0) is 24.3 Å². The van der Waals surface area contributed by atoms with Crippen LogP contribution in [0.5, 0.6) is 0 Å². The number of benzene rings is 2. The lowest BCUT2D eigenvalue weighted by Gasteiger charge is -2.28. The van der Waals surface area contributed by atoms with Crippen molar-refractivity contribution >= 4 is 16.0 Å². The van der Waals surface area contributed by atoms with Crippen LogP contribution >= 0.6 is 0 Å². The lowest BCUT2D eigenvalue weighted by molar-refractivity contribution is -0.144. The second-order valence-electron chi connectivity index (χ2n) is 7.83. The molecule has 2 aromatic carbocycles. The van der Waals surface area contributed by atoms with Crippen LogP contribution in [0.25, 0.3) is 0 Å². The number of carbonyl (C=O) groups is 1. The highest BCUT2D eigenvalue weighted by molar-refractivity contribution is 7.89. The van der Waals surface area contributed by atoms with Gasteiger partial charge in [-0.25, -0.2) is 8.42 Å². The number of rotatable bonds is 7. The number of hydrogen-bond donors (Lipinski definition) is 0. The number of aryl methyl sites for hydroxylation is 1. The SMILES string of the molecule is CCOC(=O)C[C@@H]1[C@@H](C(C)C)O[C@H](c2ccccc2)N1S(=O)(=O)c1ccc(C)cc1. The predicted octanol–water partition coefficient (Wildman–Crippen LogP) is 4.06. The monoisotopic (exact) mass is 431 g/mol. The Kier molecular flexibility index (Phi) is 6.95. The molecule has 6 nitrogen and oxygen atoms in total. The van der Waals surface area contributed by atoms with Gasteiger partial charge in [-0.05, 0) is 37.5 Å². The van der Waals surface area contributed by atoms with E-state index in [2.05, 4.69) is 0 Å². The Balaban J connectivity index is 2.11. The van der Waals surface area contributed by atoms with E-state index in [1.54, 1.807) is 31.2 Å². The summed E-state index contributed by atoms with van der Waals surface area (Å²) >= 11 is 0. The maximum atomic E-state index is 13.7. The Hall–Kier alpha value is -2.22. The molecule has 162 valence electrons. The molecule has 0 spiro atoms. The van der Waals surface area contributed by atoms with Crippen molar-refractivity contribution < 1.29 is 22.7 Å². The molecule has 0 amide bonds. The molecule has 0 N–H and O–H groups in total. The van der Waals surface area contributed by atoms with Gasteiger partial charge in [-0.1, -0.05) is 61.9 Å². The van der Waals surface area contributed by atoms with Crippen molar-refractivity contribution in [2.75, 3.05) is 6.61 Å². The van der Waals surface area contributed by atoms with Crippen molar-refractivity contribution in [3.63, 3.8) is 0 Å². The maximum absolute atomic E-state index is 13.7. The van der Waals surface area contributed by atoms with E-state index in [9.17, 15) is 13.2 Å². The second kappa shape index (κ2) is 9.29.